The molecule has 5 nitrogen and oxygen atoms in total. The lowest BCUT2D eigenvalue weighted by Gasteiger charge is -2.09. The molecule has 0 amide bonds. The minimum atomic E-state index is -1.04. The summed E-state index contributed by atoms with van der Waals surface area (Å²) < 4.78 is 13.5. The van der Waals surface area contributed by atoms with E-state index in [1.165, 1.54) is 0 Å². The minimum Gasteiger partial charge on any atom is -0.395 e. The van der Waals surface area contributed by atoms with Crippen molar-refractivity contribution in [3.05, 3.63) is 23.7 Å². The standard InChI is InChI=1S/C8H6O5/c9-7-11-5-3-1-2-4-6(5)12-8(10)13-7/h1-2H,3-4H2. The van der Waals surface area contributed by atoms with Crippen LogP contribution in [-0.2, 0) is 14.2 Å². The molecule has 2 aliphatic rings. The highest BCUT2D eigenvalue weighted by molar-refractivity contribution is 5.79. The first-order valence-corrected chi connectivity index (χ1v) is 3.74. The Labute approximate surface area is 73.6 Å². The molecule has 68 valence electrons. The maximum absolute atomic E-state index is 10.7. The van der Waals surface area contributed by atoms with Crippen LogP contribution in [0.1, 0.15) is 12.8 Å². The number of allylic oxidation sites excluding steroid dienone is 2. The number of hydrogen-bond acceptors (Lipinski definition) is 5. The Morgan fingerprint density at radius 3 is 1.77 bits per heavy atom. The van der Waals surface area contributed by atoms with E-state index in [2.05, 4.69) is 4.74 Å². The Morgan fingerprint density at radius 1 is 0.846 bits per heavy atom. The van der Waals surface area contributed by atoms with Crippen LogP contribution in [-0.4, -0.2) is 12.3 Å². The van der Waals surface area contributed by atoms with Crippen LogP contribution in [0.5, 0.6) is 0 Å². The lowest BCUT2D eigenvalue weighted by atomic mass is 10.1. The maximum atomic E-state index is 10.7. The van der Waals surface area contributed by atoms with Crippen molar-refractivity contribution < 1.29 is 23.8 Å². The summed E-state index contributed by atoms with van der Waals surface area (Å²) in [6.07, 6.45) is 2.46. The molecule has 0 fully saturated rings. The van der Waals surface area contributed by atoms with Gasteiger partial charge in [-0.3, -0.25) is 0 Å². The molecular formula is C8H6O5. The summed E-state index contributed by atoms with van der Waals surface area (Å²) in [5.74, 6) is 0.691. The Kier molecular flexibility index (Phi) is 1.77. The predicted octanol–water partition coefficient (Wildman–Crippen LogP) is 1.85. The fourth-order valence-corrected chi connectivity index (χ4v) is 1.12. The van der Waals surface area contributed by atoms with E-state index in [4.69, 9.17) is 9.47 Å². The molecule has 0 aromatic carbocycles. The van der Waals surface area contributed by atoms with Gasteiger partial charge in [0.2, 0.25) is 0 Å². The monoisotopic (exact) mass is 182 g/mol. The quantitative estimate of drug-likeness (QED) is 0.325. The van der Waals surface area contributed by atoms with Gasteiger partial charge in [-0.25, -0.2) is 9.59 Å². The number of rotatable bonds is 0. The highest BCUT2D eigenvalue weighted by Gasteiger charge is 2.26. The first-order chi connectivity index (χ1) is 6.25. The zero-order chi connectivity index (χ0) is 9.26. The number of ether oxygens (including phenoxy) is 3. The van der Waals surface area contributed by atoms with E-state index in [1.54, 1.807) is 0 Å². The molecule has 0 atom stereocenters. The van der Waals surface area contributed by atoms with Gasteiger partial charge in [0.15, 0.2) is 11.5 Å². The predicted molar refractivity (Wildman–Crippen MR) is 39.4 cm³/mol. The van der Waals surface area contributed by atoms with Crippen molar-refractivity contribution in [3.8, 4) is 0 Å². The molecule has 0 radical (unpaired) electrons. The molecule has 5 heteroatoms. The van der Waals surface area contributed by atoms with E-state index < -0.39 is 12.3 Å². The normalized spacial score (nSPS) is 21.2. The molecule has 2 rings (SSSR count). The number of cyclic esters (lactones) is 2. The van der Waals surface area contributed by atoms with Crippen molar-refractivity contribution in [2.24, 2.45) is 0 Å². The SMILES string of the molecule is O=C1OC(=O)OC2=C(CC=CC2)O1. The van der Waals surface area contributed by atoms with Gasteiger partial charge in [0.25, 0.3) is 0 Å². The second-order valence-electron chi connectivity index (χ2n) is 2.53. The highest BCUT2D eigenvalue weighted by atomic mass is 16.8. The number of carbonyl (C=O) groups excluding carboxylic acids is 2. The second kappa shape index (κ2) is 2.93. The van der Waals surface area contributed by atoms with Gasteiger partial charge in [0.1, 0.15) is 0 Å². The van der Waals surface area contributed by atoms with Gasteiger partial charge in [0, 0.05) is 12.8 Å². The first kappa shape index (κ1) is 7.85. The fraction of sp³-hybridized carbons (Fsp3) is 0.250. The summed E-state index contributed by atoms with van der Waals surface area (Å²) in [6.45, 7) is 0. The Balaban J connectivity index is 2.26. The minimum absolute atomic E-state index is 0.346. The van der Waals surface area contributed by atoms with Crippen LogP contribution in [0.4, 0.5) is 9.59 Å². The van der Waals surface area contributed by atoms with Crippen LogP contribution in [0.3, 0.4) is 0 Å². The van der Waals surface area contributed by atoms with Crippen LogP contribution >= 0.6 is 0 Å². The van der Waals surface area contributed by atoms with Crippen LogP contribution in [0.2, 0.25) is 0 Å². The van der Waals surface area contributed by atoms with Crippen molar-refractivity contribution in [2.75, 3.05) is 0 Å². The van der Waals surface area contributed by atoms with E-state index >= 15 is 0 Å². The van der Waals surface area contributed by atoms with Gasteiger partial charge < -0.3 is 14.2 Å². The first-order valence-electron chi connectivity index (χ1n) is 3.74. The third-order valence-corrected chi connectivity index (χ3v) is 1.66. The topological polar surface area (TPSA) is 61.8 Å². The smallest absolute Gasteiger partial charge is 0.395 e. The van der Waals surface area contributed by atoms with Crippen LogP contribution in [0, 0.1) is 0 Å². The molecule has 13 heavy (non-hydrogen) atoms. The van der Waals surface area contributed by atoms with Gasteiger partial charge >= 0.3 is 12.3 Å². The zero-order valence-electron chi connectivity index (χ0n) is 6.61. The molecule has 0 aromatic heterocycles. The van der Waals surface area contributed by atoms with Gasteiger partial charge in [0.05, 0.1) is 0 Å². The molecule has 0 aromatic rings. The van der Waals surface area contributed by atoms with Crippen LogP contribution < -0.4 is 0 Å². The van der Waals surface area contributed by atoms with Crippen molar-refractivity contribution in [1.82, 2.24) is 0 Å². The molecule has 1 heterocycles. The average molecular weight is 182 g/mol. The van der Waals surface area contributed by atoms with Crippen molar-refractivity contribution in [2.45, 2.75) is 12.8 Å². The lowest BCUT2D eigenvalue weighted by molar-refractivity contribution is 0.0781. The summed E-state index contributed by atoms with van der Waals surface area (Å²) in [7, 11) is 0. The maximum Gasteiger partial charge on any atom is 0.523 e. The van der Waals surface area contributed by atoms with E-state index in [0.717, 1.165) is 0 Å². The Bertz CT molecular complexity index is 295. The van der Waals surface area contributed by atoms with E-state index in [0.29, 0.717) is 24.4 Å². The van der Waals surface area contributed by atoms with Crippen molar-refractivity contribution in [3.63, 3.8) is 0 Å². The van der Waals surface area contributed by atoms with Gasteiger partial charge in [-0.15, -0.1) is 0 Å². The van der Waals surface area contributed by atoms with Crippen LogP contribution in [0.15, 0.2) is 23.7 Å². The molecule has 0 bridgehead atoms. The molecule has 0 unspecified atom stereocenters. The summed E-state index contributed by atoms with van der Waals surface area (Å²) >= 11 is 0. The Morgan fingerprint density at radius 2 is 1.31 bits per heavy atom. The summed E-state index contributed by atoms with van der Waals surface area (Å²) in [4.78, 5) is 21.5. The largest absolute Gasteiger partial charge is 0.523 e. The molecule has 1 aliphatic heterocycles. The second-order valence-corrected chi connectivity index (χ2v) is 2.53. The third kappa shape index (κ3) is 1.53. The summed E-state index contributed by atoms with van der Waals surface area (Å²) in [6, 6.07) is 0. The highest BCUT2D eigenvalue weighted by Crippen LogP contribution is 2.24. The van der Waals surface area contributed by atoms with E-state index in [1.807, 2.05) is 12.2 Å². The molecule has 0 N–H and O–H groups in total. The van der Waals surface area contributed by atoms with Crippen molar-refractivity contribution >= 4 is 12.3 Å². The summed E-state index contributed by atoms with van der Waals surface area (Å²) in [5.41, 5.74) is 0. The molecule has 0 spiro atoms. The molecule has 0 saturated carbocycles. The zero-order valence-corrected chi connectivity index (χ0v) is 6.61. The number of carbonyl (C=O) groups is 2. The molecular weight excluding hydrogens is 176 g/mol. The van der Waals surface area contributed by atoms with Gasteiger partial charge in [-0.2, -0.15) is 0 Å². The van der Waals surface area contributed by atoms with Gasteiger partial charge in [-0.05, 0) is 0 Å². The van der Waals surface area contributed by atoms with Crippen LogP contribution in [0.25, 0.3) is 0 Å². The number of hydrogen-bond donors (Lipinski definition) is 0. The third-order valence-electron chi connectivity index (χ3n) is 1.66. The average Bonchev–Trinajstić information content (AvgIpc) is 2.20. The van der Waals surface area contributed by atoms with E-state index in [9.17, 15) is 9.59 Å². The molecule has 0 saturated heterocycles. The lowest BCUT2D eigenvalue weighted by Crippen LogP contribution is -2.09. The summed E-state index contributed by atoms with van der Waals surface area (Å²) in [5, 5.41) is 0. The van der Waals surface area contributed by atoms with E-state index in [-0.39, 0.29) is 0 Å². The fourth-order valence-electron chi connectivity index (χ4n) is 1.12. The van der Waals surface area contributed by atoms with Crippen molar-refractivity contribution in [1.29, 1.82) is 0 Å². The molecule has 1 aliphatic carbocycles. The van der Waals surface area contributed by atoms with Gasteiger partial charge in [-0.1, -0.05) is 12.2 Å². The Hall–Kier alpha value is -1.78.